The summed E-state index contributed by atoms with van der Waals surface area (Å²) in [6.07, 6.45) is 0. The summed E-state index contributed by atoms with van der Waals surface area (Å²) in [4.78, 5) is -0.0891. The Hall–Kier alpha value is -1.24. The minimum atomic E-state index is -3.75. The Bertz CT molecular complexity index is 555. The zero-order valence-corrected chi connectivity index (χ0v) is 11.3. The molecule has 0 saturated carbocycles. The molecule has 1 rings (SSSR count). The minimum Gasteiger partial charge on any atom is -0.326 e. The third-order valence-corrected chi connectivity index (χ3v) is 4.32. The first-order valence-electron chi connectivity index (χ1n) is 5.38. The maximum absolute atomic E-state index is 13.2. The van der Waals surface area contributed by atoms with Crippen molar-refractivity contribution >= 4 is 10.0 Å². The van der Waals surface area contributed by atoms with Gasteiger partial charge in [0.05, 0.1) is 4.90 Å². The molecule has 6 heteroatoms. The van der Waals surface area contributed by atoms with Crippen molar-refractivity contribution in [2.24, 2.45) is 5.73 Å². The molecule has 0 aromatic heterocycles. The topological polar surface area (TPSA) is 63.4 Å². The second-order valence-electron chi connectivity index (χ2n) is 4.17. The van der Waals surface area contributed by atoms with E-state index < -0.39 is 15.8 Å². The molecule has 0 bridgehead atoms. The molecule has 0 heterocycles. The fraction of sp³-hybridized carbons (Fsp3) is 0.333. The van der Waals surface area contributed by atoms with Crippen molar-refractivity contribution in [3.8, 4) is 0 Å². The van der Waals surface area contributed by atoms with Crippen molar-refractivity contribution in [3.05, 3.63) is 41.7 Å². The fourth-order valence-electron chi connectivity index (χ4n) is 1.57. The van der Waals surface area contributed by atoms with Crippen molar-refractivity contribution in [2.45, 2.75) is 18.4 Å². The van der Waals surface area contributed by atoms with Crippen molar-refractivity contribution in [1.82, 2.24) is 4.31 Å². The summed E-state index contributed by atoms with van der Waals surface area (Å²) < 4.78 is 38.9. The highest BCUT2D eigenvalue weighted by atomic mass is 32.2. The molecule has 4 nitrogen and oxygen atoms in total. The van der Waals surface area contributed by atoms with Crippen LogP contribution in [0.25, 0.3) is 0 Å². The normalized spacial score (nSPS) is 11.8. The predicted molar refractivity (Wildman–Crippen MR) is 68.9 cm³/mol. The molecule has 1 aromatic rings. The Morgan fingerprint density at radius 2 is 2.11 bits per heavy atom. The first-order valence-corrected chi connectivity index (χ1v) is 6.82. The van der Waals surface area contributed by atoms with Gasteiger partial charge in [-0.2, -0.15) is 4.31 Å². The number of benzene rings is 1. The van der Waals surface area contributed by atoms with Gasteiger partial charge in [-0.05, 0) is 24.6 Å². The van der Waals surface area contributed by atoms with E-state index in [4.69, 9.17) is 5.73 Å². The summed E-state index contributed by atoms with van der Waals surface area (Å²) in [5, 5.41) is 0. The summed E-state index contributed by atoms with van der Waals surface area (Å²) in [5.41, 5.74) is 6.57. The molecule has 1 aromatic carbocycles. The Labute approximate surface area is 107 Å². The highest BCUT2D eigenvalue weighted by molar-refractivity contribution is 7.89. The Balaban J connectivity index is 3.27. The first-order chi connectivity index (χ1) is 8.28. The lowest BCUT2D eigenvalue weighted by Gasteiger charge is -2.19. The third-order valence-electron chi connectivity index (χ3n) is 2.43. The minimum absolute atomic E-state index is 0.0375. The standard InChI is InChI=1S/C12H17FN2O2S/c1-9(2)8-15(3)18(16,17)12-6-11(13)5-4-10(12)7-14/h4-6H,1,7-8,14H2,2-3H3. The van der Waals surface area contributed by atoms with Gasteiger partial charge in [0.1, 0.15) is 5.82 Å². The number of rotatable bonds is 5. The van der Waals surface area contributed by atoms with Crippen LogP contribution in [0, 0.1) is 5.82 Å². The molecular weight excluding hydrogens is 255 g/mol. The van der Waals surface area contributed by atoms with Crippen molar-refractivity contribution in [2.75, 3.05) is 13.6 Å². The molecule has 0 spiro atoms. The average molecular weight is 272 g/mol. The number of halogens is 1. The Morgan fingerprint density at radius 1 is 1.50 bits per heavy atom. The maximum Gasteiger partial charge on any atom is 0.243 e. The zero-order valence-electron chi connectivity index (χ0n) is 10.5. The molecule has 100 valence electrons. The highest BCUT2D eigenvalue weighted by Crippen LogP contribution is 2.21. The molecule has 0 radical (unpaired) electrons. The lowest BCUT2D eigenvalue weighted by molar-refractivity contribution is 0.491. The lowest BCUT2D eigenvalue weighted by atomic mass is 10.2. The third kappa shape index (κ3) is 3.16. The molecule has 18 heavy (non-hydrogen) atoms. The van der Waals surface area contributed by atoms with Gasteiger partial charge in [0.25, 0.3) is 0 Å². The van der Waals surface area contributed by atoms with Gasteiger partial charge in [-0.1, -0.05) is 18.2 Å². The second-order valence-corrected chi connectivity index (χ2v) is 6.19. The molecule has 0 saturated heterocycles. The van der Waals surface area contributed by atoms with Crippen LogP contribution in [0.15, 0.2) is 35.2 Å². The number of nitrogens with two attached hydrogens (primary N) is 1. The Morgan fingerprint density at radius 3 is 2.61 bits per heavy atom. The quantitative estimate of drug-likeness (QED) is 0.826. The number of sulfonamides is 1. The average Bonchev–Trinajstić information content (AvgIpc) is 2.28. The van der Waals surface area contributed by atoms with Crippen LogP contribution in [0.2, 0.25) is 0 Å². The van der Waals surface area contributed by atoms with Crippen molar-refractivity contribution < 1.29 is 12.8 Å². The van der Waals surface area contributed by atoms with Crippen molar-refractivity contribution in [3.63, 3.8) is 0 Å². The first kappa shape index (κ1) is 14.8. The summed E-state index contributed by atoms with van der Waals surface area (Å²) >= 11 is 0. The van der Waals surface area contributed by atoms with E-state index in [-0.39, 0.29) is 18.0 Å². The molecule has 2 N–H and O–H groups in total. The van der Waals surface area contributed by atoms with Gasteiger partial charge in [-0.3, -0.25) is 0 Å². The molecule has 0 amide bonds. The smallest absolute Gasteiger partial charge is 0.243 e. The van der Waals surface area contributed by atoms with E-state index in [2.05, 4.69) is 6.58 Å². The Kier molecular flexibility index (Phi) is 4.61. The van der Waals surface area contributed by atoms with Crippen LogP contribution in [0.4, 0.5) is 4.39 Å². The summed E-state index contributed by atoms with van der Waals surface area (Å²) in [6.45, 7) is 5.60. The summed E-state index contributed by atoms with van der Waals surface area (Å²) in [6, 6.07) is 3.57. The van der Waals surface area contributed by atoms with Crippen LogP contribution < -0.4 is 5.73 Å². The number of hydrogen-bond acceptors (Lipinski definition) is 3. The number of likely N-dealkylation sites (N-methyl/N-ethyl adjacent to an activating group) is 1. The van der Waals surface area contributed by atoms with Gasteiger partial charge in [0.2, 0.25) is 10.0 Å². The largest absolute Gasteiger partial charge is 0.326 e. The van der Waals surface area contributed by atoms with E-state index in [0.717, 1.165) is 10.4 Å². The van der Waals surface area contributed by atoms with Gasteiger partial charge in [-0.25, -0.2) is 12.8 Å². The van der Waals surface area contributed by atoms with Gasteiger partial charge in [0.15, 0.2) is 0 Å². The summed E-state index contributed by atoms with van der Waals surface area (Å²) in [5.74, 6) is -0.602. The van der Waals surface area contributed by atoms with Crippen LogP contribution in [-0.4, -0.2) is 26.3 Å². The fourth-order valence-corrected chi connectivity index (χ4v) is 3.04. The lowest BCUT2D eigenvalue weighted by Crippen LogP contribution is -2.29. The molecule has 0 fully saturated rings. The molecule has 0 aliphatic rings. The van der Waals surface area contributed by atoms with E-state index in [1.807, 2.05) is 0 Å². The van der Waals surface area contributed by atoms with E-state index >= 15 is 0 Å². The summed E-state index contributed by atoms with van der Waals surface area (Å²) in [7, 11) is -2.32. The van der Waals surface area contributed by atoms with Gasteiger partial charge in [0, 0.05) is 20.1 Å². The highest BCUT2D eigenvalue weighted by Gasteiger charge is 2.23. The van der Waals surface area contributed by atoms with Crippen LogP contribution >= 0.6 is 0 Å². The van der Waals surface area contributed by atoms with E-state index in [9.17, 15) is 12.8 Å². The van der Waals surface area contributed by atoms with Crippen LogP contribution in [-0.2, 0) is 16.6 Å². The number of hydrogen-bond donors (Lipinski definition) is 1. The van der Waals surface area contributed by atoms with E-state index in [1.54, 1.807) is 6.92 Å². The van der Waals surface area contributed by atoms with Gasteiger partial charge >= 0.3 is 0 Å². The van der Waals surface area contributed by atoms with Gasteiger partial charge < -0.3 is 5.73 Å². The molecule has 0 unspecified atom stereocenters. The van der Waals surface area contributed by atoms with E-state index in [1.165, 1.54) is 19.2 Å². The maximum atomic E-state index is 13.2. The van der Waals surface area contributed by atoms with E-state index in [0.29, 0.717) is 11.1 Å². The number of nitrogens with zero attached hydrogens (tertiary/aromatic N) is 1. The van der Waals surface area contributed by atoms with Crippen LogP contribution in [0.1, 0.15) is 12.5 Å². The van der Waals surface area contributed by atoms with Crippen molar-refractivity contribution in [1.29, 1.82) is 0 Å². The predicted octanol–water partition coefficient (Wildman–Crippen LogP) is 1.48. The monoisotopic (exact) mass is 272 g/mol. The SMILES string of the molecule is C=C(C)CN(C)S(=O)(=O)c1cc(F)ccc1CN. The van der Waals surface area contributed by atoms with Crippen LogP contribution in [0.3, 0.4) is 0 Å². The molecule has 0 aliphatic heterocycles. The zero-order chi connectivity index (χ0) is 13.9. The van der Waals surface area contributed by atoms with Gasteiger partial charge in [-0.15, -0.1) is 0 Å². The molecule has 0 atom stereocenters. The molecule has 0 aliphatic carbocycles. The van der Waals surface area contributed by atoms with Crippen LogP contribution in [0.5, 0.6) is 0 Å². The second kappa shape index (κ2) is 5.60. The molecular formula is C12H17FN2O2S.